The maximum absolute atomic E-state index is 12.3. The summed E-state index contributed by atoms with van der Waals surface area (Å²) in [7, 11) is -1.56. The second-order valence-electron chi connectivity index (χ2n) is 5.16. The molecule has 18 heavy (non-hydrogen) atoms. The van der Waals surface area contributed by atoms with Gasteiger partial charge in [0, 0.05) is 32.6 Å². The lowest BCUT2D eigenvalue weighted by Gasteiger charge is -2.32. The van der Waals surface area contributed by atoms with Crippen molar-refractivity contribution in [3.05, 3.63) is 0 Å². The molecule has 4 nitrogen and oxygen atoms in total. The van der Waals surface area contributed by atoms with Gasteiger partial charge in [-0.2, -0.15) is 17.0 Å². The van der Waals surface area contributed by atoms with E-state index in [0.29, 0.717) is 31.4 Å². The van der Waals surface area contributed by atoms with Gasteiger partial charge in [-0.1, -0.05) is 13.3 Å². The maximum Gasteiger partial charge on any atom is 0.281 e. The van der Waals surface area contributed by atoms with Crippen molar-refractivity contribution in [2.24, 2.45) is 5.92 Å². The number of hydrogen-bond acceptors (Lipinski definition) is 2. The molecule has 0 aliphatic carbocycles. The van der Waals surface area contributed by atoms with Crippen molar-refractivity contribution >= 4 is 21.8 Å². The molecule has 0 aromatic heterocycles. The Balaban J connectivity index is 2.41. The molecule has 0 radical (unpaired) electrons. The zero-order chi connectivity index (χ0) is 13.6. The summed E-state index contributed by atoms with van der Waals surface area (Å²) in [5, 5.41) is 0. The first-order valence-corrected chi connectivity index (χ1v) is 8.69. The molecule has 1 aliphatic heterocycles. The van der Waals surface area contributed by atoms with Crippen LogP contribution in [0.25, 0.3) is 0 Å². The molecule has 0 atom stereocenters. The Morgan fingerprint density at radius 3 is 2.39 bits per heavy atom. The van der Waals surface area contributed by atoms with E-state index in [2.05, 4.69) is 6.92 Å². The average molecular weight is 297 g/mol. The normalized spacial score (nSPS) is 19.6. The molecule has 0 bridgehead atoms. The van der Waals surface area contributed by atoms with E-state index in [9.17, 15) is 8.42 Å². The summed E-state index contributed by atoms with van der Waals surface area (Å²) in [6.07, 6.45) is 4.77. The molecule has 1 aliphatic rings. The SMILES string of the molecule is CC1CCN(S(=O)(=O)N(C)CCCCCCl)CC1. The van der Waals surface area contributed by atoms with Gasteiger partial charge in [0.15, 0.2) is 0 Å². The molecule has 1 saturated heterocycles. The standard InChI is InChI=1S/C12H25ClN2O2S/c1-12-6-10-15(11-7-12)18(16,17)14(2)9-5-3-4-8-13/h12H,3-11H2,1-2H3. The Labute approximate surface area is 116 Å². The fraction of sp³-hybridized carbons (Fsp3) is 1.00. The minimum atomic E-state index is -3.24. The van der Waals surface area contributed by atoms with Crippen molar-refractivity contribution in [3.8, 4) is 0 Å². The van der Waals surface area contributed by atoms with Crippen LogP contribution in [-0.4, -0.2) is 49.6 Å². The van der Waals surface area contributed by atoms with Crippen LogP contribution in [0.4, 0.5) is 0 Å². The lowest BCUT2D eigenvalue weighted by molar-refractivity contribution is 0.270. The highest BCUT2D eigenvalue weighted by Crippen LogP contribution is 2.20. The molecule has 1 rings (SSSR count). The first kappa shape index (κ1) is 16.2. The third-order valence-electron chi connectivity index (χ3n) is 3.57. The van der Waals surface area contributed by atoms with Gasteiger partial charge in [0.2, 0.25) is 0 Å². The minimum Gasteiger partial charge on any atom is -0.195 e. The largest absolute Gasteiger partial charge is 0.281 e. The Kier molecular flexibility index (Phi) is 6.92. The molecule has 1 fully saturated rings. The Morgan fingerprint density at radius 2 is 1.83 bits per heavy atom. The fourth-order valence-electron chi connectivity index (χ4n) is 2.13. The van der Waals surface area contributed by atoms with Gasteiger partial charge < -0.3 is 0 Å². The molecule has 108 valence electrons. The smallest absolute Gasteiger partial charge is 0.195 e. The molecule has 0 aromatic carbocycles. The first-order valence-electron chi connectivity index (χ1n) is 6.76. The van der Waals surface area contributed by atoms with Crippen LogP contribution in [0.5, 0.6) is 0 Å². The summed E-state index contributed by atoms with van der Waals surface area (Å²) in [4.78, 5) is 0. The van der Waals surface area contributed by atoms with Gasteiger partial charge in [-0.25, -0.2) is 0 Å². The van der Waals surface area contributed by atoms with E-state index in [4.69, 9.17) is 11.6 Å². The predicted octanol–water partition coefficient (Wildman–Crippen LogP) is 2.30. The van der Waals surface area contributed by atoms with E-state index >= 15 is 0 Å². The van der Waals surface area contributed by atoms with Crippen LogP contribution in [0, 0.1) is 5.92 Å². The van der Waals surface area contributed by atoms with Crippen LogP contribution in [0.3, 0.4) is 0 Å². The zero-order valence-corrected chi connectivity index (χ0v) is 13.0. The molecule has 6 heteroatoms. The van der Waals surface area contributed by atoms with Crippen LogP contribution in [-0.2, 0) is 10.2 Å². The van der Waals surface area contributed by atoms with Crippen molar-refractivity contribution in [1.29, 1.82) is 0 Å². The molecular weight excluding hydrogens is 272 g/mol. The summed E-state index contributed by atoms with van der Waals surface area (Å²) in [5.41, 5.74) is 0. The van der Waals surface area contributed by atoms with Crippen LogP contribution in [0.2, 0.25) is 0 Å². The van der Waals surface area contributed by atoms with Crippen molar-refractivity contribution < 1.29 is 8.42 Å². The molecule has 0 aromatic rings. The minimum absolute atomic E-state index is 0.589. The molecule has 0 unspecified atom stereocenters. The highest BCUT2D eigenvalue weighted by molar-refractivity contribution is 7.86. The van der Waals surface area contributed by atoms with Gasteiger partial charge in [-0.05, 0) is 31.6 Å². The van der Waals surface area contributed by atoms with Crippen LogP contribution >= 0.6 is 11.6 Å². The number of piperidine rings is 1. The quantitative estimate of drug-likeness (QED) is 0.534. The van der Waals surface area contributed by atoms with Crippen LogP contribution in [0.1, 0.15) is 39.0 Å². The lowest BCUT2D eigenvalue weighted by Crippen LogP contribution is -2.45. The summed E-state index contributed by atoms with van der Waals surface area (Å²) in [6.45, 7) is 4.09. The monoisotopic (exact) mass is 296 g/mol. The first-order chi connectivity index (χ1) is 8.48. The zero-order valence-electron chi connectivity index (χ0n) is 11.4. The van der Waals surface area contributed by atoms with Crippen molar-refractivity contribution in [3.63, 3.8) is 0 Å². The van der Waals surface area contributed by atoms with Gasteiger partial charge in [0.05, 0.1) is 0 Å². The lowest BCUT2D eigenvalue weighted by atomic mass is 10.0. The molecule has 0 spiro atoms. The predicted molar refractivity (Wildman–Crippen MR) is 76.1 cm³/mol. The number of rotatable bonds is 7. The molecule has 0 amide bonds. The van der Waals surface area contributed by atoms with E-state index in [1.807, 2.05) is 0 Å². The molecule has 0 saturated carbocycles. The summed E-state index contributed by atoms with van der Waals surface area (Å²) in [6, 6.07) is 0. The van der Waals surface area contributed by atoms with Crippen molar-refractivity contribution in [2.75, 3.05) is 32.6 Å². The third-order valence-corrected chi connectivity index (χ3v) is 5.82. The summed E-state index contributed by atoms with van der Waals surface area (Å²) >= 11 is 5.60. The van der Waals surface area contributed by atoms with Gasteiger partial charge in [0.25, 0.3) is 10.2 Å². The number of unbranched alkanes of at least 4 members (excludes halogenated alkanes) is 2. The van der Waals surface area contributed by atoms with Crippen LogP contribution in [0.15, 0.2) is 0 Å². The highest BCUT2D eigenvalue weighted by atomic mass is 35.5. The molecule has 1 heterocycles. The van der Waals surface area contributed by atoms with E-state index < -0.39 is 10.2 Å². The Bertz CT molecular complexity index is 327. The van der Waals surface area contributed by atoms with Crippen LogP contribution < -0.4 is 0 Å². The number of hydrogen-bond donors (Lipinski definition) is 0. The second kappa shape index (κ2) is 7.68. The average Bonchev–Trinajstić information content (AvgIpc) is 2.35. The Hall–Kier alpha value is 0.160. The topological polar surface area (TPSA) is 40.6 Å². The molecular formula is C12H25ClN2O2S. The highest BCUT2D eigenvalue weighted by Gasteiger charge is 2.29. The second-order valence-corrected chi connectivity index (χ2v) is 7.57. The van der Waals surface area contributed by atoms with Gasteiger partial charge in [-0.3, -0.25) is 0 Å². The van der Waals surface area contributed by atoms with Crippen molar-refractivity contribution in [2.45, 2.75) is 39.0 Å². The third kappa shape index (κ3) is 4.68. The number of nitrogens with zero attached hydrogens (tertiary/aromatic N) is 2. The summed E-state index contributed by atoms with van der Waals surface area (Å²) < 4.78 is 27.7. The van der Waals surface area contributed by atoms with E-state index in [-0.39, 0.29) is 0 Å². The maximum atomic E-state index is 12.3. The van der Waals surface area contributed by atoms with E-state index in [1.54, 1.807) is 11.4 Å². The van der Waals surface area contributed by atoms with E-state index in [0.717, 1.165) is 32.1 Å². The number of halogens is 1. The number of alkyl halides is 1. The van der Waals surface area contributed by atoms with Crippen molar-refractivity contribution in [1.82, 2.24) is 8.61 Å². The van der Waals surface area contributed by atoms with Gasteiger partial charge >= 0.3 is 0 Å². The molecule has 0 N–H and O–H groups in total. The fourth-order valence-corrected chi connectivity index (χ4v) is 3.75. The Morgan fingerprint density at radius 1 is 1.22 bits per heavy atom. The van der Waals surface area contributed by atoms with Gasteiger partial charge in [-0.15, -0.1) is 11.6 Å². The van der Waals surface area contributed by atoms with Gasteiger partial charge in [0.1, 0.15) is 0 Å². The summed E-state index contributed by atoms with van der Waals surface area (Å²) in [5.74, 6) is 1.30. The van der Waals surface area contributed by atoms with E-state index in [1.165, 1.54) is 4.31 Å².